The third-order valence-electron chi connectivity index (χ3n) is 3.57. The number of nitrogens with one attached hydrogen (secondary N) is 1. The zero-order chi connectivity index (χ0) is 17.5. The van der Waals surface area contributed by atoms with Gasteiger partial charge in [-0.3, -0.25) is 14.9 Å². The van der Waals surface area contributed by atoms with E-state index in [0.717, 1.165) is 0 Å². The highest BCUT2D eigenvalue weighted by atomic mass is 16.6. The number of carbonyl (C=O) groups excluding carboxylic acids is 3. The molecule has 1 aliphatic carbocycles. The molecule has 0 aromatic heterocycles. The molecule has 0 unspecified atom stereocenters. The fraction of sp³-hybridized carbons (Fsp3) is 0.211. The van der Waals surface area contributed by atoms with Gasteiger partial charge in [0.05, 0.1) is 0 Å². The summed E-state index contributed by atoms with van der Waals surface area (Å²) in [7, 11) is 0. The number of ether oxygens (including phenoxy) is 1. The molecule has 0 heterocycles. The highest BCUT2D eigenvalue weighted by molar-refractivity contribution is 6.28. The molecule has 2 aromatic rings. The number of fused-ring (bicyclic) bond motifs is 2. The van der Waals surface area contributed by atoms with E-state index in [1.807, 2.05) is 0 Å². The third-order valence-corrected chi connectivity index (χ3v) is 3.57. The minimum Gasteiger partial charge on any atom is -0.444 e. The van der Waals surface area contributed by atoms with Gasteiger partial charge in [0, 0.05) is 27.9 Å². The molecule has 2 aromatic carbocycles. The standard InChI is InChI=1S/C19H17NO4/c1-19(2,3)24-18(23)20-11-8-9-14-15(10-11)17(22)13-7-5-4-6-12(13)16(14)21/h4-10H,1-3H3,(H,20,23). The van der Waals surface area contributed by atoms with E-state index < -0.39 is 11.7 Å². The summed E-state index contributed by atoms with van der Waals surface area (Å²) in [6, 6.07) is 11.4. The van der Waals surface area contributed by atoms with Crippen molar-refractivity contribution in [2.75, 3.05) is 5.32 Å². The normalized spacial score (nSPS) is 13.1. The molecule has 1 N–H and O–H groups in total. The Kier molecular flexibility index (Phi) is 3.72. The van der Waals surface area contributed by atoms with Gasteiger partial charge in [-0.1, -0.05) is 24.3 Å². The van der Waals surface area contributed by atoms with E-state index in [9.17, 15) is 14.4 Å². The van der Waals surface area contributed by atoms with Crippen LogP contribution in [0.15, 0.2) is 42.5 Å². The smallest absolute Gasteiger partial charge is 0.412 e. The van der Waals surface area contributed by atoms with Crippen LogP contribution >= 0.6 is 0 Å². The minimum absolute atomic E-state index is 0.191. The molecule has 5 nitrogen and oxygen atoms in total. The molecule has 0 radical (unpaired) electrons. The molecule has 1 amide bonds. The summed E-state index contributed by atoms with van der Waals surface area (Å²) in [6.45, 7) is 5.29. The summed E-state index contributed by atoms with van der Waals surface area (Å²) in [5, 5.41) is 2.58. The number of ketones is 2. The number of carbonyl (C=O) groups is 3. The van der Waals surface area contributed by atoms with Gasteiger partial charge in [-0.2, -0.15) is 0 Å². The van der Waals surface area contributed by atoms with E-state index >= 15 is 0 Å². The lowest BCUT2D eigenvalue weighted by atomic mass is 9.84. The minimum atomic E-state index is -0.622. The van der Waals surface area contributed by atoms with Crippen molar-refractivity contribution in [3.63, 3.8) is 0 Å². The van der Waals surface area contributed by atoms with Crippen LogP contribution in [0.25, 0.3) is 0 Å². The molecule has 3 rings (SSSR count). The Labute approximate surface area is 139 Å². The van der Waals surface area contributed by atoms with Gasteiger partial charge in [0.2, 0.25) is 0 Å². The zero-order valence-electron chi connectivity index (χ0n) is 13.7. The van der Waals surface area contributed by atoms with Crippen LogP contribution in [0.1, 0.15) is 52.6 Å². The van der Waals surface area contributed by atoms with E-state index in [-0.39, 0.29) is 17.1 Å². The third kappa shape index (κ3) is 2.93. The topological polar surface area (TPSA) is 72.5 Å². The SMILES string of the molecule is CC(C)(C)OC(=O)Nc1ccc2c(c1)C(=O)c1ccccc1C2=O. The maximum Gasteiger partial charge on any atom is 0.412 e. The van der Waals surface area contributed by atoms with E-state index in [1.165, 1.54) is 6.07 Å². The molecule has 0 atom stereocenters. The highest BCUT2D eigenvalue weighted by Gasteiger charge is 2.29. The molecule has 0 bridgehead atoms. The predicted molar refractivity (Wildman–Crippen MR) is 89.6 cm³/mol. The van der Waals surface area contributed by atoms with E-state index in [0.29, 0.717) is 22.4 Å². The lowest BCUT2D eigenvalue weighted by Gasteiger charge is -2.21. The van der Waals surface area contributed by atoms with Crippen LogP contribution in [0.2, 0.25) is 0 Å². The number of hydrogen-bond acceptors (Lipinski definition) is 4. The molecular formula is C19H17NO4. The number of anilines is 1. The van der Waals surface area contributed by atoms with Crippen LogP contribution < -0.4 is 5.32 Å². The Morgan fingerprint density at radius 1 is 0.875 bits per heavy atom. The van der Waals surface area contributed by atoms with Gasteiger partial charge in [0.1, 0.15) is 5.60 Å². The van der Waals surface area contributed by atoms with Gasteiger partial charge in [0.15, 0.2) is 11.6 Å². The molecule has 0 aliphatic heterocycles. The summed E-state index contributed by atoms with van der Waals surface area (Å²) in [5.41, 5.74) is 1.19. The molecule has 0 spiro atoms. The van der Waals surface area contributed by atoms with Crippen molar-refractivity contribution in [2.45, 2.75) is 26.4 Å². The molecule has 24 heavy (non-hydrogen) atoms. The van der Waals surface area contributed by atoms with Crippen molar-refractivity contribution < 1.29 is 19.1 Å². The zero-order valence-corrected chi connectivity index (χ0v) is 13.7. The molecule has 122 valence electrons. The van der Waals surface area contributed by atoms with Crippen molar-refractivity contribution in [1.82, 2.24) is 0 Å². The molecule has 1 aliphatic rings. The molecule has 0 fully saturated rings. The summed E-state index contributed by atoms with van der Waals surface area (Å²) in [6.07, 6.45) is -0.613. The van der Waals surface area contributed by atoms with E-state index in [4.69, 9.17) is 4.74 Å². The van der Waals surface area contributed by atoms with Crippen LogP contribution in [0.5, 0.6) is 0 Å². The van der Waals surface area contributed by atoms with Crippen molar-refractivity contribution in [1.29, 1.82) is 0 Å². The first-order chi connectivity index (χ1) is 11.3. The van der Waals surface area contributed by atoms with Crippen LogP contribution in [0, 0.1) is 0 Å². The Hall–Kier alpha value is -2.95. The van der Waals surface area contributed by atoms with Crippen molar-refractivity contribution >= 4 is 23.3 Å². The second-order valence-corrected chi connectivity index (χ2v) is 6.59. The molecule has 0 saturated carbocycles. The quantitative estimate of drug-likeness (QED) is 0.739. The largest absolute Gasteiger partial charge is 0.444 e. The van der Waals surface area contributed by atoms with E-state index in [1.54, 1.807) is 57.2 Å². The van der Waals surface area contributed by atoms with Gasteiger partial charge in [0.25, 0.3) is 0 Å². The second-order valence-electron chi connectivity index (χ2n) is 6.59. The maximum absolute atomic E-state index is 12.6. The average Bonchev–Trinajstić information content (AvgIpc) is 2.50. The number of amides is 1. The highest BCUT2D eigenvalue weighted by Crippen LogP contribution is 2.29. The Morgan fingerprint density at radius 2 is 1.42 bits per heavy atom. The fourth-order valence-electron chi connectivity index (χ4n) is 2.60. The maximum atomic E-state index is 12.6. The first-order valence-corrected chi connectivity index (χ1v) is 7.59. The lowest BCUT2D eigenvalue weighted by molar-refractivity contribution is 0.0635. The predicted octanol–water partition coefficient (Wildman–Crippen LogP) is 3.81. The summed E-state index contributed by atoms with van der Waals surface area (Å²) < 4.78 is 5.19. The fourth-order valence-corrected chi connectivity index (χ4v) is 2.60. The van der Waals surface area contributed by atoms with E-state index in [2.05, 4.69) is 5.32 Å². The first kappa shape index (κ1) is 15.9. The number of hydrogen-bond donors (Lipinski definition) is 1. The van der Waals surface area contributed by atoms with Crippen LogP contribution in [-0.4, -0.2) is 23.3 Å². The van der Waals surface area contributed by atoms with Gasteiger partial charge in [-0.25, -0.2) is 4.79 Å². The van der Waals surface area contributed by atoms with Crippen molar-refractivity contribution in [3.05, 3.63) is 64.7 Å². The first-order valence-electron chi connectivity index (χ1n) is 7.59. The molecule has 5 heteroatoms. The lowest BCUT2D eigenvalue weighted by Crippen LogP contribution is -2.27. The Morgan fingerprint density at radius 3 is 2.00 bits per heavy atom. The molecule has 0 saturated heterocycles. The van der Waals surface area contributed by atoms with Crippen LogP contribution in [0.4, 0.5) is 10.5 Å². The van der Waals surface area contributed by atoms with Crippen LogP contribution in [-0.2, 0) is 4.74 Å². The van der Waals surface area contributed by atoms with Gasteiger partial charge in [-0.15, -0.1) is 0 Å². The Balaban J connectivity index is 1.93. The Bertz CT molecular complexity index is 862. The number of rotatable bonds is 1. The average molecular weight is 323 g/mol. The van der Waals surface area contributed by atoms with Gasteiger partial charge < -0.3 is 4.74 Å². The van der Waals surface area contributed by atoms with Gasteiger partial charge >= 0.3 is 6.09 Å². The van der Waals surface area contributed by atoms with Gasteiger partial charge in [-0.05, 0) is 39.0 Å². The summed E-state index contributed by atoms with van der Waals surface area (Å²) in [5.74, 6) is -0.419. The second kappa shape index (κ2) is 5.60. The molecular weight excluding hydrogens is 306 g/mol. The number of benzene rings is 2. The monoisotopic (exact) mass is 323 g/mol. The van der Waals surface area contributed by atoms with Crippen molar-refractivity contribution in [3.8, 4) is 0 Å². The van der Waals surface area contributed by atoms with Crippen molar-refractivity contribution in [2.24, 2.45) is 0 Å². The summed E-state index contributed by atoms with van der Waals surface area (Å²) in [4.78, 5) is 37.0. The summed E-state index contributed by atoms with van der Waals surface area (Å²) >= 11 is 0. The van der Waals surface area contributed by atoms with Crippen LogP contribution in [0.3, 0.4) is 0 Å².